The molecule has 1 heterocycles. The summed E-state index contributed by atoms with van der Waals surface area (Å²) in [6, 6.07) is 9.94. The molecule has 0 saturated carbocycles. The molecular weight excluding hydrogens is 338 g/mol. The minimum absolute atomic E-state index is 0.0779. The number of nitrogens with one attached hydrogen (secondary N) is 1. The van der Waals surface area contributed by atoms with Crippen molar-refractivity contribution in [2.45, 2.75) is 0 Å². The Morgan fingerprint density at radius 3 is 2.61 bits per heavy atom. The third-order valence-corrected chi connectivity index (χ3v) is 4.55. The van der Waals surface area contributed by atoms with Gasteiger partial charge in [0, 0.05) is 18.9 Å². The molecule has 0 bridgehead atoms. The maximum atomic E-state index is 12.0. The first-order valence-electron chi connectivity index (χ1n) is 6.80. The Morgan fingerprint density at radius 2 is 2.00 bits per heavy atom. The Balaban J connectivity index is 2.06. The number of pyridine rings is 1. The van der Waals surface area contributed by atoms with Gasteiger partial charge in [0.2, 0.25) is 10.0 Å². The van der Waals surface area contributed by atoms with Crippen LogP contribution in [-0.2, 0) is 10.0 Å². The number of aromatic nitrogens is 1. The number of para-hydroxylation sites is 1. The molecule has 1 aromatic carbocycles. The fourth-order valence-electron chi connectivity index (χ4n) is 1.99. The largest absolute Gasteiger partial charge is 0.350 e. The average Bonchev–Trinajstić information content (AvgIpc) is 2.52. The van der Waals surface area contributed by atoms with Crippen molar-refractivity contribution in [1.29, 1.82) is 0 Å². The topological polar surface area (TPSA) is 79.4 Å². The van der Waals surface area contributed by atoms with Crippen LogP contribution in [0.5, 0.6) is 0 Å². The number of carbonyl (C=O) groups is 1. The second kappa shape index (κ2) is 7.43. The molecule has 1 N–H and O–H groups in total. The number of hydrogen-bond donors (Lipinski definition) is 1. The zero-order chi connectivity index (χ0) is 16.9. The molecule has 0 aliphatic carbocycles. The van der Waals surface area contributed by atoms with Crippen LogP contribution in [0.4, 0.5) is 5.69 Å². The van der Waals surface area contributed by atoms with Crippen LogP contribution in [0.1, 0.15) is 10.4 Å². The van der Waals surface area contributed by atoms with Crippen molar-refractivity contribution in [2.75, 3.05) is 23.7 Å². The summed E-state index contributed by atoms with van der Waals surface area (Å²) in [6.45, 7) is 0.223. The van der Waals surface area contributed by atoms with Crippen molar-refractivity contribution in [2.24, 2.45) is 0 Å². The van der Waals surface area contributed by atoms with Crippen molar-refractivity contribution < 1.29 is 13.2 Å². The summed E-state index contributed by atoms with van der Waals surface area (Å²) in [5.41, 5.74) is 0.795. The van der Waals surface area contributed by atoms with Gasteiger partial charge in [0.05, 0.1) is 29.1 Å². The molecule has 0 fully saturated rings. The van der Waals surface area contributed by atoms with E-state index in [4.69, 9.17) is 11.6 Å². The van der Waals surface area contributed by atoms with Gasteiger partial charge in [-0.25, -0.2) is 8.42 Å². The molecule has 0 unspecified atom stereocenters. The van der Waals surface area contributed by atoms with Gasteiger partial charge >= 0.3 is 0 Å². The lowest BCUT2D eigenvalue weighted by Gasteiger charge is -2.23. The molecule has 1 aromatic heterocycles. The fourth-order valence-corrected chi connectivity index (χ4v) is 3.22. The van der Waals surface area contributed by atoms with E-state index in [9.17, 15) is 13.2 Å². The van der Waals surface area contributed by atoms with Gasteiger partial charge in [0.25, 0.3) is 5.91 Å². The molecule has 2 aromatic rings. The number of carbonyl (C=O) groups excluding carboxylic acids is 1. The Bertz CT molecular complexity index is 782. The van der Waals surface area contributed by atoms with E-state index in [1.165, 1.54) is 10.5 Å². The zero-order valence-corrected chi connectivity index (χ0v) is 14.0. The van der Waals surface area contributed by atoms with Gasteiger partial charge in [-0.05, 0) is 24.3 Å². The summed E-state index contributed by atoms with van der Waals surface area (Å²) in [5.74, 6) is -0.314. The van der Waals surface area contributed by atoms with E-state index in [-0.39, 0.29) is 19.0 Å². The first kappa shape index (κ1) is 17.2. The van der Waals surface area contributed by atoms with E-state index in [0.29, 0.717) is 16.3 Å². The Morgan fingerprint density at radius 1 is 1.26 bits per heavy atom. The van der Waals surface area contributed by atoms with E-state index in [1.807, 2.05) is 0 Å². The van der Waals surface area contributed by atoms with Crippen LogP contribution >= 0.6 is 11.6 Å². The van der Waals surface area contributed by atoms with Crippen LogP contribution in [0, 0.1) is 0 Å². The fraction of sp³-hybridized carbons (Fsp3) is 0.200. The molecule has 23 heavy (non-hydrogen) atoms. The van der Waals surface area contributed by atoms with Crippen LogP contribution in [-0.4, -0.2) is 38.7 Å². The zero-order valence-electron chi connectivity index (χ0n) is 12.4. The summed E-state index contributed by atoms with van der Waals surface area (Å²) in [6.07, 6.45) is 4.11. The smallest absolute Gasteiger partial charge is 0.252 e. The molecule has 0 saturated heterocycles. The standard InChI is InChI=1S/C15H16ClN3O3S/c1-23(21,22)19(14-7-3-2-6-13(14)16)10-9-18-15(20)12-5-4-8-17-11-12/h2-8,11H,9-10H2,1H3,(H,18,20). The SMILES string of the molecule is CS(=O)(=O)N(CCNC(=O)c1cccnc1)c1ccccc1Cl. The summed E-state index contributed by atoms with van der Waals surface area (Å²) >= 11 is 6.06. The van der Waals surface area contributed by atoms with Gasteiger partial charge in [-0.1, -0.05) is 23.7 Å². The lowest BCUT2D eigenvalue weighted by atomic mass is 10.3. The summed E-state index contributed by atoms with van der Waals surface area (Å²) in [5, 5.41) is 2.99. The number of anilines is 1. The Labute approximate surface area is 140 Å². The van der Waals surface area contributed by atoms with E-state index in [0.717, 1.165) is 6.26 Å². The molecule has 1 amide bonds. The molecule has 0 spiro atoms. The van der Waals surface area contributed by atoms with Crippen LogP contribution in [0.2, 0.25) is 5.02 Å². The molecule has 8 heteroatoms. The molecule has 0 aliphatic heterocycles. The second-order valence-corrected chi connectivity index (χ2v) is 7.10. The maximum Gasteiger partial charge on any atom is 0.252 e. The molecule has 0 atom stereocenters. The highest BCUT2D eigenvalue weighted by Gasteiger charge is 2.19. The van der Waals surface area contributed by atoms with Crippen LogP contribution in [0.15, 0.2) is 48.8 Å². The lowest BCUT2D eigenvalue weighted by molar-refractivity contribution is 0.0954. The average molecular weight is 354 g/mol. The summed E-state index contributed by atoms with van der Waals surface area (Å²) < 4.78 is 25.1. The highest BCUT2D eigenvalue weighted by atomic mass is 35.5. The van der Waals surface area contributed by atoms with Gasteiger partial charge in [-0.15, -0.1) is 0 Å². The van der Waals surface area contributed by atoms with Crippen LogP contribution < -0.4 is 9.62 Å². The summed E-state index contributed by atoms with van der Waals surface area (Å²) in [7, 11) is -3.52. The number of nitrogens with zero attached hydrogens (tertiary/aromatic N) is 2. The van der Waals surface area contributed by atoms with Crippen molar-refractivity contribution in [1.82, 2.24) is 10.3 Å². The molecule has 122 valence electrons. The van der Waals surface area contributed by atoms with Gasteiger partial charge < -0.3 is 5.32 Å². The van der Waals surface area contributed by atoms with Gasteiger partial charge in [-0.3, -0.25) is 14.1 Å². The number of hydrogen-bond acceptors (Lipinski definition) is 4. The first-order valence-corrected chi connectivity index (χ1v) is 9.02. The minimum Gasteiger partial charge on any atom is -0.350 e. The third-order valence-electron chi connectivity index (χ3n) is 3.05. The molecule has 2 rings (SSSR count). The van der Waals surface area contributed by atoms with Gasteiger partial charge in [0.1, 0.15) is 0 Å². The van der Waals surface area contributed by atoms with Gasteiger partial charge in [-0.2, -0.15) is 0 Å². The number of sulfonamides is 1. The van der Waals surface area contributed by atoms with Crippen molar-refractivity contribution in [3.05, 3.63) is 59.4 Å². The van der Waals surface area contributed by atoms with E-state index in [2.05, 4.69) is 10.3 Å². The quantitative estimate of drug-likeness (QED) is 0.860. The molecule has 0 aliphatic rings. The number of rotatable bonds is 6. The predicted molar refractivity (Wildman–Crippen MR) is 90.2 cm³/mol. The maximum absolute atomic E-state index is 12.0. The number of amides is 1. The molecule has 0 radical (unpaired) electrons. The predicted octanol–water partition coefficient (Wildman–Crippen LogP) is 1.93. The van der Waals surface area contributed by atoms with Crippen LogP contribution in [0.25, 0.3) is 0 Å². The third kappa shape index (κ3) is 4.67. The van der Waals surface area contributed by atoms with Crippen molar-refractivity contribution in [3.8, 4) is 0 Å². The van der Waals surface area contributed by atoms with Gasteiger partial charge in [0.15, 0.2) is 0 Å². The Hall–Kier alpha value is -2.12. The van der Waals surface area contributed by atoms with Crippen LogP contribution in [0.3, 0.4) is 0 Å². The molecule has 6 nitrogen and oxygen atoms in total. The number of benzene rings is 1. The van der Waals surface area contributed by atoms with Crippen molar-refractivity contribution in [3.63, 3.8) is 0 Å². The highest BCUT2D eigenvalue weighted by molar-refractivity contribution is 7.92. The van der Waals surface area contributed by atoms with E-state index >= 15 is 0 Å². The summed E-state index contributed by atoms with van der Waals surface area (Å²) in [4.78, 5) is 15.8. The number of halogens is 1. The van der Waals surface area contributed by atoms with Crippen molar-refractivity contribution >= 4 is 33.2 Å². The lowest BCUT2D eigenvalue weighted by Crippen LogP contribution is -2.38. The monoisotopic (exact) mass is 353 g/mol. The Kier molecular flexibility index (Phi) is 5.57. The normalized spacial score (nSPS) is 11.0. The second-order valence-electron chi connectivity index (χ2n) is 4.78. The first-order chi connectivity index (χ1) is 10.9. The highest BCUT2D eigenvalue weighted by Crippen LogP contribution is 2.26. The minimum atomic E-state index is -3.52. The van der Waals surface area contributed by atoms with E-state index in [1.54, 1.807) is 42.6 Å². The van der Waals surface area contributed by atoms with E-state index < -0.39 is 10.0 Å². The molecular formula is C15H16ClN3O3S.